The number of hydrogen-bond donors (Lipinski definition) is 1. The van der Waals surface area contributed by atoms with Crippen molar-refractivity contribution in [2.75, 3.05) is 19.8 Å². The Morgan fingerprint density at radius 1 is 1.44 bits per heavy atom. The molecule has 104 valence electrons. The molecule has 1 N–H and O–H groups in total. The van der Waals surface area contributed by atoms with Crippen LogP contribution < -0.4 is 5.32 Å². The lowest BCUT2D eigenvalue weighted by Crippen LogP contribution is -2.29. The fourth-order valence-corrected chi connectivity index (χ4v) is 1.51. The van der Waals surface area contributed by atoms with E-state index in [4.69, 9.17) is 4.42 Å². The summed E-state index contributed by atoms with van der Waals surface area (Å²) in [6.07, 6.45) is -1.30. The Hall–Kier alpha value is -1.01. The number of alkyl halides is 3. The normalized spacial score (nSPS) is 13.8. The van der Waals surface area contributed by atoms with Crippen molar-refractivity contribution in [1.29, 1.82) is 0 Å². The molecule has 1 rings (SSSR count). The number of hydrogen-bond acceptors (Lipinski definition) is 3. The zero-order chi connectivity index (χ0) is 13.4. The lowest BCUT2D eigenvalue weighted by molar-refractivity contribution is -0.173. The standard InChI is InChI=1S/C12H18F3NO2/c1-10(8-11-4-2-7-18-11)16-5-3-6-17-9-12(13,14)15/h2,4,7,10,16H,3,5-6,8-9H2,1H3. The van der Waals surface area contributed by atoms with E-state index in [-0.39, 0.29) is 12.6 Å². The molecule has 1 heterocycles. The zero-order valence-corrected chi connectivity index (χ0v) is 10.3. The van der Waals surface area contributed by atoms with E-state index in [0.29, 0.717) is 13.0 Å². The molecule has 0 aromatic carbocycles. The summed E-state index contributed by atoms with van der Waals surface area (Å²) in [5.74, 6) is 0.892. The molecule has 1 atom stereocenters. The Morgan fingerprint density at radius 3 is 2.83 bits per heavy atom. The van der Waals surface area contributed by atoms with E-state index in [1.54, 1.807) is 6.26 Å². The number of ether oxygens (including phenoxy) is 1. The molecular weight excluding hydrogens is 247 g/mol. The van der Waals surface area contributed by atoms with Crippen LogP contribution >= 0.6 is 0 Å². The van der Waals surface area contributed by atoms with Crippen LogP contribution in [0.1, 0.15) is 19.1 Å². The smallest absolute Gasteiger partial charge is 0.411 e. The van der Waals surface area contributed by atoms with Gasteiger partial charge < -0.3 is 14.5 Å². The van der Waals surface area contributed by atoms with Crippen molar-refractivity contribution >= 4 is 0 Å². The molecule has 0 aliphatic heterocycles. The van der Waals surface area contributed by atoms with Gasteiger partial charge in [-0.1, -0.05) is 0 Å². The Balaban J connectivity index is 1.97. The summed E-state index contributed by atoms with van der Waals surface area (Å²) in [4.78, 5) is 0. The number of nitrogens with one attached hydrogen (secondary N) is 1. The van der Waals surface area contributed by atoms with E-state index in [1.807, 2.05) is 19.1 Å². The molecule has 0 amide bonds. The molecule has 1 unspecified atom stereocenters. The molecule has 0 aliphatic carbocycles. The van der Waals surface area contributed by atoms with Crippen LogP contribution in [0.25, 0.3) is 0 Å². The molecule has 0 saturated heterocycles. The first-order valence-corrected chi connectivity index (χ1v) is 5.87. The predicted molar refractivity (Wildman–Crippen MR) is 61.4 cm³/mol. The van der Waals surface area contributed by atoms with Crippen molar-refractivity contribution in [1.82, 2.24) is 5.32 Å². The van der Waals surface area contributed by atoms with Crippen LogP contribution in [0.4, 0.5) is 13.2 Å². The van der Waals surface area contributed by atoms with Gasteiger partial charge in [0.2, 0.25) is 0 Å². The van der Waals surface area contributed by atoms with Gasteiger partial charge in [-0.25, -0.2) is 0 Å². The van der Waals surface area contributed by atoms with E-state index in [1.165, 1.54) is 0 Å². The first-order chi connectivity index (χ1) is 8.47. The zero-order valence-electron chi connectivity index (χ0n) is 10.3. The molecule has 6 heteroatoms. The van der Waals surface area contributed by atoms with Crippen LogP contribution in [0, 0.1) is 0 Å². The van der Waals surface area contributed by atoms with E-state index >= 15 is 0 Å². The van der Waals surface area contributed by atoms with Crippen molar-refractivity contribution in [2.24, 2.45) is 0 Å². The molecule has 1 aromatic heterocycles. The van der Waals surface area contributed by atoms with Crippen LogP contribution in [-0.2, 0) is 11.2 Å². The van der Waals surface area contributed by atoms with Gasteiger partial charge in [0.15, 0.2) is 0 Å². The largest absolute Gasteiger partial charge is 0.469 e. The number of rotatable bonds is 8. The Morgan fingerprint density at radius 2 is 2.22 bits per heavy atom. The highest BCUT2D eigenvalue weighted by molar-refractivity contribution is 4.99. The second kappa shape index (κ2) is 7.43. The summed E-state index contributed by atoms with van der Waals surface area (Å²) in [5, 5.41) is 3.20. The lowest BCUT2D eigenvalue weighted by atomic mass is 10.2. The van der Waals surface area contributed by atoms with Gasteiger partial charge in [0.1, 0.15) is 12.4 Å². The maximum Gasteiger partial charge on any atom is 0.411 e. The molecule has 18 heavy (non-hydrogen) atoms. The van der Waals surface area contributed by atoms with Crippen molar-refractivity contribution in [3.8, 4) is 0 Å². The summed E-state index contributed by atoms with van der Waals surface area (Å²) in [7, 11) is 0. The van der Waals surface area contributed by atoms with Crippen molar-refractivity contribution in [3.63, 3.8) is 0 Å². The van der Waals surface area contributed by atoms with E-state index in [9.17, 15) is 13.2 Å². The van der Waals surface area contributed by atoms with Crippen LogP contribution in [0.3, 0.4) is 0 Å². The SMILES string of the molecule is CC(Cc1ccco1)NCCCOCC(F)(F)F. The van der Waals surface area contributed by atoms with Crippen molar-refractivity contribution in [3.05, 3.63) is 24.2 Å². The molecule has 3 nitrogen and oxygen atoms in total. The maximum absolute atomic E-state index is 11.8. The number of halogens is 3. The third-order valence-corrected chi connectivity index (χ3v) is 2.31. The quantitative estimate of drug-likeness (QED) is 0.734. The number of furan rings is 1. The van der Waals surface area contributed by atoms with Crippen LogP contribution in [0.15, 0.2) is 22.8 Å². The average Bonchev–Trinajstić information content (AvgIpc) is 2.74. The van der Waals surface area contributed by atoms with E-state index in [0.717, 1.165) is 12.2 Å². The fraction of sp³-hybridized carbons (Fsp3) is 0.667. The van der Waals surface area contributed by atoms with E-state index in [2.05, 4.69) is 10.1 Å². The summed E-state index contributed by atoms with van der Waals surface area (Å²) in [5.41, 5.74) is 0. The van der Waals surface area contributed by atoms with Crippen LogP contribution in [0.5, 0.6) is 0 Å². The first kappa shape index (κ1) is 15.0. The molecular formula is C12H18F3NO2. The van der Waals surface area contributed by atoms with Crippen molar-refractivity contribution in [2.45, 2.75) is 32.0 Å². The van der Waals surface area contributed by atoms with Gasteiger partial charge in [0, 0.05) is 19.1 Å². The third kappa shape index (κ3) is 7.34. The lowest BCUT2D eigenvalue weighted by Gasteiger charge is -2.12. The Labute approximate surface area is 104 Å². The van der Waals surface area contributed by atoms with Gasteiger partial charge in [0.05, 0.1) is 6.26 Å². The van der Waals surface area contributed by atoms with Gasteiger partial charge in [-0.15, -0.1) is 0 Å². The van der Waals surface area contributed by atoms with E-state index < -0.39 is 12.8 Å². The van der Waals surface area contributed by atoms with Gasteiger partial charge in [-0.2, -0.15) is 13.2 Å². The molecule has 0 spiro atoms. The summed E-state index contributed by atoms with van der Waals surface area (Å²) >= 11 is 0. The molecule has 0 saturated carbocycles. The highest BCUT2D eigenvalue weighted by atomic mass is 19.4. The average molecular weight is 265 g/mol. The topological polar surface area (TPSA) is 34.4 Å². The van der Waals surface area contributed by atoms with Crippen molar-refractivity contribution < 1.29 is 22.3 Å². The molecule has 0 aliphatic rings. The summed E-state index contributed by atoms with van der Waals surface area (Å²) in [6, 6.07) is 3.94. The second-order valence-electron chi connectivity index (χ2n) is 4.16. The monoisotopic (exact) mass is 265 g/mol. The summed E-state index contributed by atoms with van der Waals surface area (Å²) < 4.78 is 45.0. The van der Waals surface area contributed by atoms with Gasteiger partial charge >= 0.3 is 6.18 Å². The van der Waals surface area contributed by atoms with Gasteiger partial charge in [-0.3, -0.25) is 0 Å². The highest BCUT2D eigenvalue weighted by Crippen LogP contribution is 2.14. The molecule has 0 bridgehead atoms. The van der Waals surface area contributed by atoms with Crippen LogP contribution in [-0.4, -0.2) is 32.0 Å². The molecule has 0 fully saturated rings. The second-order valence-corrected chi connectivity index (χ2v) is 4.16. The van der Waals surface area contributed by atoms with Crippen LogP contribution in [0.2, 0.25) is 0 Å². The first-order valence-electron chi connectivity index (χ1n) is 5.87. The Bertz CT molecular complexity index is 312. The third-order valence-electron chi connectivity index (χ3n) is 2.31. The Kier molecular flexibility index (Phi) is 6.21. The minimum absolute atomic E-state index is 0.111. The minimum atomic E-state index is -4.24. The van der Waals surface area contributed by atoms with Gasteiger partial charge in [0.25, 0.3) is 0 Å². The highest BCUT2D eigenvalue weighted by Gasteiger charge is 2.27. The minimum Gasteiger partial charge on any atom is -0.469 e. The molecule has 1 aromatic rings. The summed E-state index contributed by atoms with van der Waals surface area (Å²) in [6.45, 7) is 1.56. The van der Waals surface area contributed by atoms with Gasteiger partial charge in [-0.05, 0) is 32.0 Å². The maximum atomic E-state index is 11.8. The molecule has 0 radical (unpaired) electrons. The predicted octanol–water partition coefficient (Wildman–Crippen LogP) is 2.77. The fourth-order valence-electron chi connectivity index (χ4n) is 1.51.